The van der Waals surface area contributed by atoms with E-state index in [4.69, 9.17) is 9.73 Å². The Labute approximate surface area is 181 Å². The van der Waals surface area contributed by atoms with E-state index in [-0.39, 0.29) is 24.0 Å². The van der Waals surface area contributed by atoms with E-state index in [1.807, 2.05) is 18.7 Å². The minimum absolute atomic E-state index is 0. The Balaban J connectivity index is 0.00000364. The molecule has 0 spiro atoms. The predicted octanol–water partition coefficient (Wildman–Crippen LogP) is 3.70. The highest BCUT2D eigenvalue weighted by Gasteiger charge is 2.25. The molecule has 1 aromatic heterocycles. The summed E-state index contributed by atoms with van der Waals surface area (Å²) in [6, 6.07) is 0. The van der Waals surface area contributed by atoms with Gasteiger partial charge in [-0.05, 0) is 52.9 Å². The molecule has 2 N–H and O–H groups in total. The minimum atomic E-state index is 0. The first kappa shape index (κ1) is 24.2. The fraction of sp³-hybridized carbons (Fsp3) is 0.800. The normalized spacial score (nSPS) is 16.3. The molecular formula is C20H38IN5O. The Kier molecular flexibility index (Phi) is 11.3. The van der Waals surface area contributed by atoms with E-state index in [2.05, 4.69) is 36.5 Å². The number of hydrogen-bond donors (Lipinski definition) is 2. The minimum Gasteiger partial charge on any atom is -0.378 e. The van der Waals surface area contributed by atoms with Gasteiger partial charge in [-0.15, -0.1) is 24.0 Å². The molecule has 0 amide bonds. The number of rotatable bonds is 9. The summed E-state index contributed by atoms with van der Waals surface area (Å²) in [5.41, 5.74) is 3.45. The van der Waals surface area contributed by atoms with Crippen LogP contribution in [0.3, 0.4) is 0 Å². The van der Waals surface area contributed by atoms with Crippen LogP contribution >= 0.6 is 24.0 Å². The maximum Gasteiger partial charge on any atom is 0.191 e. The van der Waals surface area contributed by atoms with Crippen LogP contribution in [0.5, 0.6) is 0 Å². The van der Waals surface area contributed by atoms with Crippen LogP contribution in [0.4, 0.5) is 0 Å². The first-order chi connectivity index (χ1) is 12.6. The summed E-state index contributed by atoms with van der Waals surface area (Å²) in [7, 11) is 1.98. The van der Waals surface area contributed by atoms with Gasteiger partial charge in [-0.2, -0.15) is 5.10 Å². The van der Waals surface area contributed by atoms with Crippen molar-refractivity contribution in [1.29, 1.82) is 0 Å². The van der Waals surface area contributed by atoms with Gasteiger partial charge in [0.2, 0.25) is 0 Å². The molecule has 0 saturated heterocycles. The molecule has 2 rings (SSSR count). The van der Waals surface area contributed by atoms with E-state index < -0.39 is 0 Å². The molecule has 156 valence electrons. The first-order valence-corrected chi connectivity index (χ1v) is 10.2. The monoisotopic (exact) mass is 491 g/mol. The zero-order chi connectivity index (χ0) is 18.9. The van der Waals surface area contributed by atoms with Crippen LogP contribution in [0.2, 0.25) is 0 Å². The summed E-state index contributed by atoms with van der Waals surface area (Å²) in [5.74, 6) is 1.61. The Bertz CT molecular complexity index is 581. The molecule has 1 saturated carbocycles. The molecule has 1 unspecified atom stereocenters. The largest absolute Gasteiger partial charge is 0.378 e. The molecule has 6 nitrogen and oxygen atoms in total. The molecule has 1 atom stereocenters. The molecule has 1 heterocycles. The summed E-state index contributed by atoms with van der Waals surface area (Å²) < 4.78 is 7.95. The third-order valence-corrected chi connectivity index (χ3v) is 5.43. The maximum absolute atomic E-state index is 6.02. The van der Waals surface area contributed by atoms with E-state index >= 15 is 0 Å². The number of nitrogens with zero attached hydrogens (tertiary/aromatic N) is 3. The van der Waals surface area contributed by atoms with Crippen LogP contribution in [0.25, 0.3) is 0 Å². The van der Waals surface area contributed by atoms with Gasteiger partial charge in [0, 0.05) is 38.0 Å². The number of nitrogens with one attached hydrogen (secondary N) is 2. The second-order valence-corrected chi connectivity index (χ2v) is 7.22. The van der Waals surface area contributed by atoms with Gasteiger partial charge in [0.15, 0.2) is 5.96 Å². The molecule has 1 aromatic rings. The lowest BCUT2D eigenvalue weighted by molar-refractivity contribution is 0.0169. The van der Waals surface area contributed by atoms with E-state index in [0.29, 0.717) is 12.6 Å². The number of ether oxygens (including phenoxy) is 1. The van der Waals surface area contributed by atoms with Gasteiger partial charge >= 0.3 is 0 Å². The lowest BCUT2D eigenvalue weighted by Crippen LogP contribution is -2.39. The number of guanidine groups is 1. The Morgan fingerprint density at radius 3 is 2.52 bits per heavy atom. The van der Waals surface area contributed by atoms with Gasteiger partial charge in [-0.25, -0.2) is 4.99 Å². The van der Waals surface area contributed by atoms with E-state index in [9.17, 15) is 0 Å². The van der Waals surface area contributed by atoms with Gasteiger partial charge in [-0.1, -0.05) is 12.8 Å². The van der Waals surface area contributed by atoms with Crippen molar-refractivity contribution in [3.63, 3.8) is 0 Å². The van der Waals surface area contributed by atoms with Crippen molar-refractivity contribution in [2.24, 2.45) is 18.0 Å². The van der Waals surface area contributed by atoms with E-state index in [1.54, 1.807) is 0 Å². The molecule has 1 fully saturated rings. The number of aromatic nitrogens is 2. The zero-order valence-electron chi connectivity index (χ0n) is 17.7. The quantitative estimate of drug-likeness (QED) is 0.314. The number of hydrogen-bond acceptors (Lipinski definition) is 3. The van der Waals surface area contributed by atoms with Crippen LogP contribution < -0.4 is 10.6 Å². The number of aryl methyl sites for hydroxylation is 2. The van der Waals surface area contributed by atoms with Crippen molar-refractivity contribution in [2.45, 2.75) is 72.4 Å². The smallest absolute Gasteiger partial charge is 0.191 e. The second kappa shape index (κ2) is 12.6. The zero-order valence-corrected chi connectivity index (χ0v) is 20.0. The van der Waals surface area contributed by atoms with Gasteiger partial charge in [0.25, 0.3) is 0 Å². The van der Waals surface area contributed by atoms with Crippen LogP contribution in [0, 0.1) is 19.8 Å². The first-order valence-electron chi connectivity index (χ1n) is 10.2. The van der Waals surface area contributed by atoms with Gasteiger partial charge in [0.1, 0.15) is 0 Å². The van der Waals surface area contributed by atoms with Crippen molar-refractivity contribution in [3.05, 3.63) is 17.0 Å². The summed E-state index contributed by atoms with van der Waals surface area (Å²) in [5, 5.41) is 11.3. The predicted molar refractivity (Wildman–Crippen MR) is 123 cm³/mol. The molecule has 0 aromatic carbocycles. The molecule has 0 radical (unpaired) electrons. The van der Waals surface area contributed by atoms with Gasteiger partial charge in [0.05, 0.1) is 18.3 Å². The van der Waals surface area contributed by atoms with Crippen molar-refractivity contribution in [3.8, 4) is 0 Å². The second-order valence-electron chi connectivity index (χ2n) is 7.22. The topological polar surface area (TPSA) is 63.5 Å². The molecular weight excluding hydrogens is 453 g/mol. The summed E-state index contributed by atoms with van der Waals surface area (Å²) in [6.07, 6.45) is 6.76. The summed E-state index contributed by atoms with van der Waals surface area (Å²) in [4.78, 5) is 4.76. The van der Waals surface area contributed by atoms with Crippen LogP contribution in [-0.4, -0.2) is 41.5 Å². The fourth-order valence-corrected chi connectivity index (χ4v) is 3.88. The number of aliphatic imine (C=N–C) groups is 1. The third-order valence-electron chi connectivity index (χ3n) is 5.43. The summed E-state index contributed by atoms with van der Waals surface area (Å²) in [6.45, 7) is 11.5. The maximum atomic E-state index is 6.02. The van der Waals surface area contributed by atoms with Crippen molar-refractivity contribution in [2.75, 3.05) is 19.7 Å². The average molecular weight is 491 g/mol. The molecule has 0 bridgehead atoms. The Hall–Kier alpha value is -0.830. The van der Waals surface area contributed by atoms with Gasteiger partial charge < -0.3 is 15.4 Å². The fourth-order valence-electron chi connectivity index (χ4n) is 3.88. The molecule has 27 heavy (non-hydrogen) atoms. The van der Waals surface area contributed by atoms with Crippen molar-refractivity contribution >= 4 is 29.9 Å². The molecule has 1 aliphatic rings. The van der Waals surface area contributed by atoms with Gasteiger partial charge in [-0.3, -0.25) is 4.68 Å². The van der Waals surface area contributed by atoms with Crippen LogP contribution in [-0.2, 0) is 18.3 Å². The highest BCUT2D eigenvalue weighted by atomic mass is 127. The highest BCUT2D eigenvalue weighted by Crippen LogP contribution is 2.30. The molecule has 7 heteroatoms. The lowest BCUT2D eigenvalue weighted by atomic mass is 9.98. The third kappa shape index (κ3) is 7.25. The van der Waals surface area contributed by atoms with E-state index in [0.717, 1.165) is 43.7 Å². The lowest BCUT2D eigenvalue weighted by Gasteiger charge is -2.24. The Morgan fingerprint density at radius 1 is 1.26 bits per heavy atom. The van der Waals surface area contributed by atoms with E-state index in [1.165, 1.54) is 36.9 Å². The highest BCUT2D eigenvalue weighted by molar-refractivity contribution is 14.0. The SMILES string of the molecule is CCNC(=NCc1c(C)nn(C)c1C)NCCC(OCC)C1CCCC1.I. The van der Waals surface area contributed by atoms with Crippen LogP contribution in [0.1, 0.15) is 62.9 Å². The van der Waals surface area contributed by atoms with Crippen molar-refractivity contribution < 1.29 is 4.74 Å². The van der Waals surface area contributed by atoms with Crippen molar-refractivity contribution in [1.82, 2.24) is 20.4 Å². The molecule has 1 aliphatic carbocycles. The average Bonchev–Trinajstić information content (AvgIpc) is 3.22. The molecule has 0 aliphatic heterocycles. The number of halogens is 1. The summed E-state index contributed by atoms with van der Waals surface area (Å²) >= 11 is 0. The Morgan fingerprint density at radius 2 is 1.96 bits per heavy atom. The standard InChI is InChI=1S/C20H37N5O.HI/c1-6-21-20(23-14-18-15(3)24-25(5)16(18)4)22-13-12-19(26-7-2)17-10-8-9-11-17;/h17,19H,6-14H2,1-5H3,(H2,21,22,23);1H. The van der Waals surface area contributed by atoms with Crippen LogP contribution in [0.15, 0.2) is 4.99 Å².